The van der Waals surface area contributed by atoms with Crippen LogP contribution in [0.3, 0.4) is 0 Å². The molecule has 2 N–H and O–H groups in total. The van der Waals surface area contributed by atoms with E-state index in [2.05, 4.69) is 5.32 Å². The summed E-state index contributed by atoms with van der Waals surface area (Å²) >= 11 is 0. The Morgan fingerprint density at radius 1 is 1.11 bits per heavy atom. The molecule has 1 fully saturated rings. The van der Waals surface area contributed by atoms with Crippen LogP contribution in [0.15, 0.2) is 42.5 Å². The van der Waals surface area contributed by atoms with E-state index in [1.165, 1.54) is 0 Å². The minimum atomic E-state index is -1.11. The number of carboxylic acids is 1. The normalized spacial score (nSPS) is 15.6. The molecule has 2 aromatic carbocycles. The number of carbonyl (C=O) groups is 2. The van der Waals surface area contributed by atoms with Crippen LogP contribution in [0.2, 0.25) is 0 Å². The summed E-state index contributed by atoms with van der Waals surface area (Å²) in [6.07, 6.45) is 1.81. The van der Waals surface area contributed by atoms with E-state index < -0.39 is 17.9 Å². The molecule has 1 unspecified atom stereocenters. The number of hydrogen-bond acceptors (Lipinski definition) is 4. The average molecular weight is 383 g/mol. The Labute approximate surface area is 164 Å². The minimum Gasteiger partial charge on any atom is -0.490 e. The summed E-state index contributed by atoms with van der Waals surface area (Å²) in [5.41, 5.74) is 2.80. The van der Waals surface area contributed by atoms with Gasteiger partial charge in [-0.1, -0.05) is 18.2 Å². The molecule has 0 spiro atoms. The van der Waals surface area contributed by atoms with E-state index in [9.17, 15) is 14.7 Å². The predicted octanol–water partition coefficient (Wildman–Crippen LogP) is 3.42. The van der Waals surface area contributed by atoms with E-state index in [1.807, 2.05) is 19.9 Å². The molecule has 1 aliphatic heterocycles. The van der Waals surface area contributed by atoms with Crippen molar-refractivity contribution < 1.29 is 24.2 Å². The number of aryl methyl sites for hydroxylation is 1. The molecule has 1 atom stereocenters. The van der Waals surface area contributed by atoms with Crippen LogP contribution in [-0.2, 0) is 9.53 Å². The quantitative estimate of drug-likeness (QED) is 0.798. The summed E-state index contributed by atoms with van der Waals surface area (Å²) in [5.74, 6) is -0.847. The van der Waals surface area contributed by atoms with Gasteiger partial charge in [0.1, 0.15) is 11.9 Å². The molecule has 3 rings (SSSR count). The minimum absolute atomic E-state index is 0.120. The molecule has 1 heterocycles. The number of aliphatic carboxylic acids is 1. The first kappa shape index (κ1) is 19.9. The number of amides is 1. The summed E-state index contributed by atoms with van der Waals surface area (Å²) in [6, 6.07) is 11.1. The molecule has 0 saturated carbocycles. The van der Waals surface area contributed by atoms with Crippen molar-refractivity contribution in [2.75, 3.05) is 13.2 Å². The largest absolute Gasteiger partial charge is 0.490 e. The van der Waals surface area contributed by atoms with Gasteiger partial charge < -0.3 is 19.9 Å². The molecular formula is C22H25NO5. The Morgan fingerprint density at radius 3 is 2.43 bits per heavy atom. The second-order valence-corrected chi connectivity index (χ2v) is 6.99. The summed E-state index contributed by atoms with van der Waals surface area (Å²) in [5, 5.41) is 12.2. The van der Waals surface area contributed by atoms with Crippen LogP contribution in [-0.4, -0.2) is 36.3 Å². The van der Waals surface area contributed by atoms with Gasteiger partial charge in [-0.15, -0.1) is 0 Å². The highest BCUT2D eigenvalue weighted by atomic mass is 16.5. The van der Waals surface area contributed by atoms with Gasteiger partial charge in [0, 0.05) is 18.4 Å². The molecule has 0 bridgehead atoms. The Balaban J connectivity index is 1.70. The maximum Gasteiger partial charge on any atom is 0.330 e. The molecule has 28 heavy (non-hydrogen) atoms. The summed E-state index contributed by atoms with van der Waals surface area (Å²) in [7, 11) is 0. The number of ether oxygens (including phenoxy) is 2. The van der Waals surface area contributed by atoms with Gasteiger partial charge in [0.2, 0.25) is 0 Å². The number of hydrogen-bond donors (Lipinski definition) is 2. The van der Waals surface area contributed by atoms with E-state index >= 15 is 0 Å². The summed E-state index contributed by atoms with van der Waals surface area (Å²) < 4.78 is 11.2. The first-order valence-electron chi connectivity index (χ1n) is 9.40. The summed E-state index contributed by atoms with van der Waals surface area (Å²) in [6.45, 7) is 5.16. The van der Waals surface area contributed by atoms with Crippen LogP contribution in [0.4, 0.5) is 0 Å². The molecule has 1 saturated heterocycles. The Morgan fingerprint density at radius 2 is 1.79 bits per heavy atom. The van der Waals surface area contributed by atoms with Gasteiger partial charge in [0.15, 0.2) is 6.04 Å². The first-order chi connectivity index (χ1) is 13.5. The van der Waals surface area contributed by atoms with Crippen LogP contribution in [0.1, 0.15) is 45.9 Å². The third-order valence-corrected chi connectivity index (χ3v) is 5.07. The van der Waals surface area contributed by atoms with Gasteiger partial charge in [-0.05, 0) is 54.8 Å². The zero-order chi connectivity index (χ0) is 20.1. The molecule has 6 heteroatoms. The fourth-order valence-electron chi connectivity index (χ4n) is 3.24. The van der Waals surface area contributed by atoms with Crippen molar-refractivity contribution in [1.29, 1.82) is 0 Å². The highest BCUT2D eigenvalue weighted by Crippen LogP contribution is 2.22. The van der Waals surface area contributed by atoms with E-state index in [1.54, 1.807) is 36.4 Å². The van der Waals surface area contributed by atoms with E-state index in [0.717, 1.165) is 24.0 Å². The number of carboxylic acid groups (broad SMARTS) is 1. The van der Waals surface area contributed by atoms with Crippen molar-refractivity contribution in [2.45, 2.75) is 38.8 Å². The van der Waals surface area contributed by atoms with Crippen molar-refractivity contribution >= 4 is 11.9 Å². The third kappa shape index (κ3) is 4.70. The lowest BCUT2D eigenvalue weighted by Crippen LogP contribution is -2.34. The van der Waals surface area contributed by atoms with E-state index in [4.69, 9.17) is 9.47 Å². The van der Waals surface area contributed by atoms with Gasteiger partial charge >= 0.3 is 5.97 Å². The SMILES string of the molecule is Cc1cccc(C(NC(=O)c2ccc(OC3CCOCC3)cc2)C(=O)O)c1C. The zero-order valence-electron chi connectivity index (χ0n) is 16.1. The number of carbonyl (C=O) groups excluding carboxylic acids is 1. The molecule has 0 aromatic heterocycles. The fraction of sp³-hybridized carbons (Fsp3) is 0.364. The molecule has 0 aliphatic carbocycles. The average Bonchev–Trinajstić information content (AvgIpc) is 2.69. The highest BCUT2D eigenvalue weighted by molar-refractivity contribution is 5.97. The number of rotatable bonds is 6. The smallest absolute Gasteiger partial charge is 0.330 e. The molecule has 1 amide bonds. The number of nitrogens with one attached hydrogen (secondary N) is 1. The Kier molecular flexibility index (Phi) is 6.31. The van der Waals surface area contributed by atoms with Crippen molar-refractivity contribution in [3.05, 3.63) is 64.7 Å². The van der Waals surface area contributed by atoms with Crippen LogP contribution in [0, 0.1) is 13.8 Å². The van der Waals surface area contributed by atoms with Gasteiger partial charge in [0.25, 0.3) is 5.91 Å². The van der Waals surface area contributed by atoms with Crippen LogP contribution in [0.5, 0.6) is 5.75 Å². The Hall–Kier alpha value is -2.86. The lowest BCUT2D eigenvalue weighted by molar-refractivity contribution is -0.139. The third-order valence-electron chi connectivity index (χ3n) is 5.07. The highest BCUT2D eigenvalue weighted by Gasteiger charge is 2.24. The van der Waals surface area contributed by atoms with Crippen molar-refractivity contribution in [3.63, 3.8) is 0 Å². The van der Waals surface area contributed by atoms with Crippen molar-refractivity contribution in [2.24, 2.45) is 0 Å². The molecule has 148 valence electrons. The molecule has 1 aliphatic rings. The second-order valence-electron chi connectivity index (χ2n) is 6.99. The lowest BCUT2D eigenvalue weighted by atomic mass is 9.97. The standard InChI is InChI=1S/C22H25NO5/c1-14-4-3-5-19(15(14)2)20(22(25)26)23-21(24)16-6-8-17(9-7-16)28-18-10-12-27-13-11-18/h3-9,18,20H,10-13H2,1-2H3,(H,23,24)(H,25,26). The first-order valence-corrected chi connectivity index (χ1v) is 9.40. The van der Waals surface area contributed by atoms with Crippen molar-refractivity contribution in [1.82, 2.24) is 5.32 Å². The van der Waals surface area contributed by atoms with Gasteiger partial charge in [0.05, 0.1) is 13.2 Å². The van der Waals surface area contributed by atoms with Gasteiger partial charge in [-0.2, -0.15) is 0 Å². The van der Waals surface area contributed by atoms with Gasteiger partial charge in [-0.25, -0.2) is 4.79 Å². The molecular weight excluding hydrogens is 358 g/mol. The maximum atomic E-state index is 12.6. The van der Waals surface area contributed by atoms with Crippen LogP contribution < -0.4 is 10.1 Å². The zero-order valence-corrected chi connectivity index (χ0v) is 16.1. The summed E-state index contributed by atoms with van der Waals surface area (Å²) in [4.78, 5) is 24.4. The van der Waals surface area contributed by atoms with E-state index in [0.29, 0.717) is 30.1 Å². The second kappa shape index (κ2) is 8.89. The Bertz CT molecular complexity index is 841. The van der Waals surface area contributed by atoms with Crippen LogP contribution >= 0.6 is 0 Å². The van der Waals surface area contributed by atoms with E-state index in [-0.39, 0.29) is 6.10 Å². The van der Waals surface area contributed by atoms with Crippen LogP contribution in [0.25, 0.3) is 0 Å². The monoisotopic (exact) mass is 383 g/mol. The topological polar surface area (TPSA) is 84.9 Å². The molecule has 6 nitrogen and oxygen atoms in total. The van der Waals surface area contributed by atoms with Crippen molar-refractivity contribution in [3.8, 4) is 5.75 Å². The number of benzene rings is 2. The van der Waals surface area contributed by atoms with Gasteiger partial charge in [-0.3, -0.25) is 4.79 Å². The molecule has 2 aromatic rings. The predicted molar refractivity (Wildman–Crippen MR) is 105 cm³/mol. The lowest BCUT2D eigenvalue weighted by Gasteiger charge is -2.23. The maximum absolute atomic E-state index is 12.6. The fourth-order valence-corrected chi connectivity index (χ4v) is 3.24. The molecule has 0 radical (unpaired) electrons.